The molecule has 0 unspecified atom stereocenters. The SMILES string of the molecule is Cc1cc(C)c(C#N)c(SCC(=O)NCCOc2ccc(Cl)cc2)n1. The molecular weight excluding hydrogens is 358 g/mol. The van der Waals surface area contributed by atoms with Crippen LogP contribution in [0, 0.1) is 25.2 Å². The zero-order valence-corrected chi connectivity index (χ0v) is 15.6. The van der Waals surface area contributed by atoms with Gasteiger partial charge in [-0.25, -0.2) is 4.98 Å². The number of pyridine rings is 1. The number of amides is 1. The van der Waals surface area contributed by atoms with Gasteiger partial charge in [0.25, 0.3) is 0 Å². The molecule has 1 aromatic heterocycles. The minimum atomic E-state index is -0.130. The number of carbonyl (C=O) groups excluding carboxylic acids is 1. The van der Waals surface area contributed by atoms with Crippen molar-refractivity contribution in [1.29, 1.82) is 5.26 Å². The van der Waals surface area contributed by atoms with Gasteiger partial charge in [0.05, 0.1) is 17.9 Å². The largest absolute Gasteiger partial charge is 0.492 e. The lowest BCUT2D eigenvalue weighted by atomic mass is 10.1. The van der Waals surface area contributed by atoms with Crippen LogP contribution in [0.2, 0.25) is 5.02 Å². The molecule has 0 spiro atoms. The highest BCUT2D eigenvalue weighted by Crippen LogP contribution is 2.23. The molecular formula is C18H18ClN3O2S. The van der Waals surface area contributed by atoms with Crippen molar-refractivity contribution in [2.75, 3.05) is 18.9 Å². The van der Waals surface area contributed by atoms with Crippen molar-refractivity contribution in [1.82, 2.24) is 10.3 Å². The molecule has 0 aliphatic heterocycles. The maximum Gasteiger partial charge on any atom is 0.230 e. The number of halogens is 1. The second kappa shape index (κ2) is 9.30. The Morgan fingerprint density at radius 1 is 1.36 bits per heavy atom. The van der Waals surface area contributed by atoms with Crippen molar-refractivity contribution in [3.05, 3.63) is 52.2 Å². The maximum absolute atomic E-state index is 11.9. The molecule has 0 saturated heterocycles. The number of rotatable bonds is 7. The van der Waals surface area contributed by atoms with E-state index >= 15 is 0 Å². The minimum absolute atomic E-state index is 0.130. The molecule has 2 rings (SSSR count). The Morgan fingerprint density at radius 3 is 2.76 bits per heavy atom. The van der Waals surface area contributed by atoms with Crippen molar-refractivity contribution in [2.24, 2.45) is 0 Å². The van der Waals surface area contributed by atoms with Crippen LogP contribution in [0.3, 0.4) is 0 Å². The van der Waals surface area contributed by atoms with Gasteiger partial charge in [0.1, 0.15) is 23.5 Å². The Hall–Kier alpha value is -2.23. The van der Waals surface area contributed by atoms with Crippen LogP contribution in [0.15, 0.2) is 35.4 Å². The number of thioether (sulfide) groups is 1. The number of nitriles is 1. The van der Waals surface area contributed by atoms with Gasteiger partial charge in [-0.1, -0.05) is 23.4 Å². The summed E-state index contributed by atoms with van der Waals surface area (Å²) < 4.78 is 5.51. The standard InChI is InChI=1S/C18H18ClN3O2S/c1-12-9-13(2)22-18(16(12)10-20)25-11-17(23)21-7-8-24-15-5-3-14(19)4-6-15/h3-6,9H,7-8,11H2,1-2H3,(H,21,23). The van der Waals surface area contributed by atoms with Gasteiger partial charge in [0.15, 0.2) is 0 Å². The monoisotopic (exact) mass is 375 g/mol. The van der Waals surface area contributed by atoms with Crippen molar-refractivity contribution in [2.45, 2.75) is 18.9 Å². The Labute approximate surface area is 156 Å². The molecule has 0 fully saturated rings. The quantitative estimate of drug-likeness (QED) is 0.592. The lowest BCUT2D eigenvalue weighted by Crippen LogP contribution is -2.29. The second-order valence-corrected chi connectivity index (χ2v) is 6.71. The lowest BCUT2D eigenvalue weighted by Gasteiger charge is -2.09. The van der Waals surface area contributed by atoms with E-state index in [9.17, 15) is 10.1 Å². The Bertz CT molecular complexity index is 788. The summed E-state index contributed by atoms with van der Waals surface area (Å²) in [6.45, 7) is 4.49. The van der Waals surface area contributed by atoms with E-state index in [4.69, 9.17) is 16.3 Å². The Morgan fingerprint density at radius 2 is 2.08 bits per heavy atom. The molecule has 25 heavy (non-hydrogen) atoms. The van der Waals surface area contributed by atoms with Crippen molar-refractivity contribution < 1.29 is 9.53 Å². The minimum Gasteiger partial charge on any atom is -0.492 e. The molecule has 2 aromatic rings. The van der Waals surface area contributed by atoms with Crippen molar-refractivity contribution >= 4 is 29.3 Å². The van der Waals surface area contributed by atoms with E-state index in [0.29, 0.717) is 34.5 Å². The second-order valence-electron chi connectivity index (χ2n) is 5.31. The van der Waals surface area contributed by atoms with Crippen LogP contribution in [0.1, 0.15) is 16.8 Å². The first-order chi connectivity index (χ1) is 12.0. The molecule has 1 amide bonds. The van der Waals surface area contributed by atoms with Gasteiger partial charge in [-0.3, -0.25) is 4.79 Å². The summed E-state index contributed by atoms with van der Waals surface area (Å²) in [7, 11) is 0. The number of aryl methyl sites for hydroxylation is 2. The molecule has 0 aliphatic carbocycles. The number of nitrogens with zero attached hydrogens (tertiary/aromatic N) is 2. The zero-order valence-electron chi connectivity index (χ0n) is 14.0. The molecule has 1 aromatic carbocycles. The predicted molar refractivity (Wildman–Crippen MR) is 99.1 cm³/mol. The first kappa shape index (κ1) is 19.1. The summed E-state index contributed by atoms with van der Waals surface area (Å²) in [4.78, 5) is 16.3. The highest BCUT2D eigenvalue weighted by molar-refractivity contribution is 8.00. The summed E-state index contributed by atoms with van der Waals surface area (Å²) in [6.07, 6.45) is 0. The van der Waals surface area contributed by atoms with Crippen LogP contribution in [-0.4, -0.2) is 29.8 Å². The molecule has 1 N–H and O–H groups in total. The molecule has 5 nitrogen and oxygen atoms in total. The summed E-state index contributed by atoms with van der Waals surface area (Å²) >= 11 is 7.06. The van der Waals surface area contributed by atoms with Gasteiger partial charge in [-0.05, 0) is 49.7 Å². The third kappa shape index (κ3) is 5.96. The molecule has 0 radical (unpaired) electrons. The van der Waals surface area contributed by atoms with Gasteiger partial charge in [0, 0.05) is 10.7 Å². The predicted octanol–water partition coefficient (Wildman–Crippen LogP) is 3.51. The number of ether oxygens (including phenoxy) is 1. The highest BCUT2D eigenvalue weighted by atomic mass is 35.5. The fraction of sp³-hybridized carbons (Fsp3) is 0.278. The first-order valence-corrected chi connectivity index (χ1v) is 9.02. The van der Waals surface area contributed by atoms with Crippen LogP contribution in [0.4, 0.5) is 0 Å². The van der Waals surface area contributed by atoms with E-state index in [1.54, 1.807) is 24.3 Å². The van der Waals surface area contributed by atoms with E-state index in [-0.39, 0.29) is 11.7 Å². The number of carbonyl (C=O) groups is 1. The molecule has 0 aliphatic rings. The summed E-state index contributed by atoms with van der Waals surface area (Å²) in [5.41, 5.74) is 2.22. The van der Waals surface area contributed by atoms with E-state index < -0.39 is 0 Å². The number of hydrogen-bond donors (Lipinski definition) is 1. The van der Waals surface area contributed by atoms with E-state index in [1.165, 1.54) is 11.8 Å². The van der Waals surface area contributed by atoms with Crippen LogP contribution >= 0.6 is 23.4 Å². The smallest absolute Gasteiger partial charge is 0.230 e. The van der Waals surface area contributed by atoms with Gasteiger partial charge in [-0.2, -0.15) is 5.26 Å². The fourth-order valence-corrected chi connectivity index (χ4v) is 3.17. The highest BCUT2D eigenvalue weighted by Gasteiger charge is 2.11. The summed E-state index contributed by atoms with van der Waals surface area (Å²) in [5.74, 6) is 0.770. The maximum atomic E-state index is 11.9. The van der Waals surface area contributed by atoms with E-state index in [2.05, 4.69) is 16.4 Å². The first-order valence-electron chi connectivity index (χ1n) is 7.66. The van der Waals surface area contributed by atoms with Crippen LogP contribution in [0.25, 0.3) is 0 Å². The van der Waals surface area contributed by atoms with Gasteiger partial charge in [0.2, 0.25) is 5.91 Å². The molecule has 0 atom stereocenters. The van der Waals surface area contributed by atoms with E-state index in [1.807, 2.05) is 19.9 Å². The van der Waals surface area contributed by atoms with Crippen LogP contribution < -0.4 is 10.1 Å². The summed E-state index contributed by atoms with van der Waals surface area (Å²) in [6, 6.07) is 11.0. The average Bonchev–Trinajstić information content (AvgIpc) is 2.58. The van der Waals surface area contributed by atoms with Gasteiger partial charge >= 0.3 is 0 Å². The topological polar surface area (TPSA) is 75.0 Å². The van der Waals surface area contributed by atoms with Crippen molar-refractivity contribution in [3.63, 3.8) is 0 Å². The fourth-order valence-electron chi connectivity index (χ4n) is 2.12. The average molecular weight is 376 g/mol. The van der Waals surface area contributed by atoms with Crippen LogP contribution in [0.5, 0.6) is 5.75 Å². The normalized spacial score (nSPS) is 10.2. The number of aromatic nitrogens is 1. The summed E-state index contributed by atoms with van der Waals surface area (Å²) in [5, 5.41) is 13.2. The number of benzene rings is 1. The third-order valence-electron chi connectivity index (χ3n) is 3.27. The molecule has 7 heteroatoms. The van der Waals surface area contributed by atoms with Crippen molar-refractivity contribution in [3.8, 4) is 11.8 Å². The molecule has 130 valence electrons. The number of nitrogens with one attached hydrogen (secondary N) is 1. The van der Waals surface area contributed by atoms with Gasteiger partial charge < -0.3 is 10.1 Å². The molecule has 0 bridgehead atoms. The zero-order chi connectivity index (χ0) is 18.2. The van der Waals surface area contributed by atoms with Crippen LogP contribution in [-0.2, 0) is 4.79 Å². The Kier molecular flexibility index (Phi) is 7.11. The number of hydrogen-bond acceptors (Lipinski definition) is 5. The third-order valence-corrected chi connectivity index (χ3v) is 4.50. The Balaban J connectivity index is 1.76. The van der Waals surface area contributed by atoms with E-state index in [0.717, 1.165) is 11.3 Å². The lowest BCUT2D eigenvalue weighted by molar-refractivity contribution is -0.118. The molecule has 1 heterocycles. The molecule has 0 saturated carbocycles. The van der Waals surface area contributed by atoms with Gasteiger partial charge in [-0.15, -0.1) is 0 Å².